The molecule has 41 heavy (non-hydrogen) atoms. The van der Waals surface area contributed by atoms with Gasteiger partial charge in [0.05, 0.1) is 11.7 Å². The van der Waals surface area contributed by atoms with Crippen LogP contribution in [0.2, 0.25) is 0 Å². The highest BCUT2D eigenvalue weighted by molar-refractivity contribution is 5.80. The molecule has 1 N–H and O–H groups in total. The van der Waals surface area contributed by atoms with Crippen LogP contribution in [0.25, 0.3) is 11.1 Å². The van der Waals surface area contributed by atoms with Crippen LogP contribution in [0, 0.1) is 4.91 Å². The molecule has 3 aromatic carbocycles. The number of ether oxygens (including phenoxy) is 1. The zero-order valence-corrected chi connectivity index (χ0v) is 22.6. The lowest BCUT2D eigenvalue weighted by molar-refractivity contribution is -0.139. The van der Waals surface area contributed by atoms with E-state index in [1.54, 1.807) is 0 Å². The second-order valence-electron chi connectivity index (χ2n) is 10.5. The Balaban J connectivity index is 1.06. The highest BCUT2D eigenvalue weighted by Crippen LogP contribution is 2.38. The lowest BCUT2D eigenvalue weighted by Gasteiger charge is -2.37. The highest BCUT2D eigenvalue weighted by atomic mass is 19.4. The molecule has 1 aliphatic heterocycles. The van der Waals surface area contributed by atoms with E-state index in [-0.39, 0.29) is 24.7 Å². The van der Waals surface area contributed by atoms with E-state index in [1.165, 1.54) is 22.9 Å². The first-order chi connectivity index (χ1) is 19.8. The average molecular weight is 567 g/mol. The molecular formula is C31H33F3N4O3. The normalized spacial score (nSPS) is 19.6. The van der Waals surface area contributed by atoms with Gasteiger partial charge in [-0.15, -0.1) is 4.91 Å². The molecule has 0 unspecified atom stereocenters. The fraction of sp³-hybridized carbons (Fsp3) is 0.387. The number of piperazine rings is 1. The van der Waals surface area contributed by atoms with E-state index in [4.69, 9.17) is 4.74 Å². The molecule has 1 saturated carbocycles. The summed E-state index contributed by atoms with van der Waals surface area (Å²) >= 11 is 0. The summed E-state index contributed by atoms with van der Waals surface area (Å²) in [5.41, 5.74) is 2.14. The Hall–Kier alpha value is -3.92. The van der Waals surface area contributed by atoms with Crippen molar-refractivity contribution in [2.45, 2.75) is 44.0 Å². The topological polar surface area (TPSA) is 74.2 Å². The smallest absolute Gasteiger partial charge is 0.382 e. The van der Waals surface area contributed by atoms with Crippen LogP contribution in [0.3, 0.4) is 0 Å². The number of nitroso groups, excluding NO2 is 1. The minimum Gasteiger partial charge on any atom is -0.382 e. The van der Waals surface area contributed by atoms with E-state index in [0.717, 1.165) is 25.2 Å². The highest BCUT2D eigenvalue weighted by Gasteiger charge is 2.35. The number of hydrogen-bond donors (Lipinski definition) is 1. The molecule has 5 rings (SSSR count). The second kappa shape index (κ2) is 12.7. The minimum absolute atomic E-state index is 0.0199. The largest absolute Gasteiger partial charge is 0.418 e. The Morgan fingerprint density at radius 3 is 2.27 bits per heavy atom. The van der Waals surface area contributed by atoms with Crippen LogP contribution in [0.15, 0.2) is 78.0 Å². The number of amides is 1. The van der Waals surface area contributed by atoms with E-state index >= 15 is 0 Å². The molecule has 3 aromatic rings. The van der Waals surface area contributed by atoms with Gasteiger partial charge < -0.3 is 19.9 Å². The van der Waals surface area contributed by atoms with E-state index in [9.17, 15) is 22.9 Å². The Morgan fingerprint density at radius 1 is 0.902 bits per heavy atom. The average Bonchev–Trinajstić information content (AvgIpc) is 3.00. The van der Waals surface area contributed by atoms with Gasteiger partial charge in [0.1, 0.15) is 12.3 Å². The standard InChI is InChI=1S/C31H33F3N4O3/c32-31(33,34)27-20-24(12-15-28(27)36-40)35-23-10-13-25(14-11-23)41-21-30(39)38-18-16-37(17-19-38)29-9-5-4-8-26(29)22-6-2-1-3-7-22/h1-9,12,15,20,23,25,35H,10-11,13-14,16-19,21H2. The minimum atomic E-state index is -4.65. The van der Waals surface area contributed by atoms with Gasteiger partial charge in [-0.1, -0.05) is 48.5 Å². The van der Waals surface area contributed by atoms with E-state index < -0.39 is 17.4 Å². The van der Waals surface area contributed by atoms with Gasteiger partial charge in [0.25, 0.3) is 0 Å². The molecule has 2 fully saturated rings. The number of alkyl halides is 3. The van der Waals surface area contributed by atoms with Crippen LogP contribution in [0.4, 0.5) is 30.2 Å². The zero-order chi connectivity index (χ0) is 28.8. The third-order valence-corrected chi connectivity index (χ3v) is 7.85. The van der Waals surface area contributed by atoms with Gasteiger partial charge in [-0.25, -0.2) is 0 Å². The maximum Gasteiger partial charge on any atom is 0.418 e. The summed E-state index contributed by atoms with van der Waals surface area (Å²) in [6.45, 7) is 2.76. The monoisotopic (exact) mass is 566 g/mol. The lowest BCUT2D eigenvalue weighted by Crippen LogP contribution is -2.50. The summed E-state index contributed by atoms with van der Waals surface area (Å²) in [4.78, 5) is 27.8. The van der Waals surface area contributed by atoms with Gasteiger partial charge in [-0.2, -0.15) is 13.2 Å². The van der Waals surface area contributed by atoms with Gasteiger partial charge in [-0.3, -0.25) is 4.79 Å². The first-order valence-corrected chi connectivity index (χ1v) is 13.9. The van der Waals surface area contributed by atoms with E-state index in [2.05, 4.69) is 39.7 Å². The van der Waals surface area contributed by atoms with Crippen LogP contribution in [-0.4, -0.2) is 55.7 Å². The maximum absolute atomic E-state index is 13.2. The molecule has 1 aliphatic carbocycles. The Bertz CT molecular complexity index is 1340. The first kappa shape index (κ1) is 28.6. The fourth-order valence-corrected chi connectivity index (χ4v) is 5.63. The Morgan fingerprint density at radius 2 is 1.59 bits per heavy atom. The van der Waals surface area contributed by atoms with Gasteiger partial charge in [0, 0.05) is 49.2 Å². The SMILES string of the molecule is O=Nc1ccc(NC2CCC(OCC(=O)N3CCN(c4ccccc4-c4ccccc4)CC3)CC2)cc1C(F)(F)F. The van der Waals surface area contributed by atoms with Crippen molar-refractivity contribution in [1.82, 2.24) is 4.90 Å². The van der Waals surface area contributed by atoms with Crippen molar-refractivity contribution >= 4 is 23.0 Å². The van der Waals surface area contributed by atoms with Gasteiger partial charge in [0.15, 0.2) is 0 Å². The molecule has 1 saturated heterocycles. The molecule has 216 valence electrons. The van der Waals surface area contributed by atoms with Crippen molar-refractivity contribution in [2.75, 3.05) is 43.0 Å². The number of anilines is 2. The number of carbonyl (C=O) groups excluding carboxylic acids is 1. The van der Waals surface area contributed by atoms with Crippen molar-refractivity contribution in [1.29, 1.82) is 0 Å². The molecule has 1 heterocycles. The molecule has 1 amide bonds. The zero-order valence-electron chi connectivity index (χ0n) is 22.6. The Labute approximate surface area is 237 Å². The molecule has 2 aliphatic rings. The molecule has 7 nitrogen and oxygen atoms in total. The molecule has 10 heteroatoms. The van der Waals surface area contributed by atoms with Crippen molar-refractivity contribution < 1.29 is 22.7 Å². The molecule has 0 spiro atoms. The molecule has 0 bridgehead atoms. The molecular weight excluding hydrogens is 533 g/mol. The third kappa shape index (κ3) is 7.05. The number of hydrogen-bond acceptors (Lipinski definition) is 6. The van der Waals surface area contributed by atoms with Crippen LogP contribution >= 0.6 is 0 Å². The van der Waals surface area contributed by atoms with Crippen LogP contribution in [0.5, 0.6) is 0 Å². The fourth-order valence-electron chi connectivity index (χ4n) is 5.63. The molecule has 0 atom stereocenters. The summed E-state index contributed by atoms with van der Waals surface area (Å²) < 4.78 is 45.6. The maximum atomic E-state index is 13.2. The Kier molecular flexibility index (Phi) is 8.87. The van der Waals surface area contributed by atoms with Crippen LogP contribution in [0.1, 0.15) is 31.2 Å². The van der Waals surface area contributed by atoms with Crippen LogP contribution < -0.4 is 10.2 Å². The van der Waals surface area contributed by atoms with E-state index in [0.29, 0.717) is 44.5 Å². The number of nitrogens with one attached hydrogen (secondary N) is 1. The lowest BCUT2D eigenvalue weighted by atomic mass is 9.92. The number of benzene rings is 3. The first-order valence-electron chi connectivity index (χ1n) is 13.9. The van der Waals surface area contributed by atoms with Gasteiger partial charge in [-0.05, 0) is 60.7 Å². The number of nitrogens with zero attached hydrogens (tertiary/aromatic N) is 3. The summed E-state index contributed by atoms with van der Waals surface area (Å²) in [6.07, 6.45) is -1.91. The predicted octanol–water partition coefficient (Wildman–Crippen LogP) is 6.86. The second-order valence-corrected chi connectivity index (χ2v) is 10.5. The number of carbonyl (C=O) groups is 1. The number of para-hydroxylation sites is 1. The quantitative estimate of drug-likeness (QED) is 0.302. The summed E-state index contributed by atoms with van der Waals surface area (Å²) in [5, 5.41) is 5.62. The van der Waals surface area contributed by atoms with E-state index in [1.807, 2.05) is 35.2 Å². The predicted molar refractivity (Wildman–Crippen MR) is 153 cm³/mol. The van der Waals surface area contributed by atoms with Gasteiger partial charge >= 0.3 is 6.18 Å². The summed E-state index contributed by atoms with van der Waals surface area (Å²) in [7, 11) is 0. The summed E-state index contributed by atoms with van der Waals surface area (Å²) in [6, 6.07) is 22.0. The van der Waals surface area contributed by atoms with Gasteiger partial charge in [0.2, 0.25) is 5.91 Å². The number of rotatable bonds is 8. The van der Waals surface area contributed by atoms with Crippen molar-refractivity contribution in [3.63, 3.8) is 0 Å². The van der Waals surface area contributed by atoms with Crippen molar-refractivity contribution in [3.05, 3.63) is 83.3 Å². The number of halogens is 3. The van der Waals surface area contributed by atoms with Crippen LogP contribution in [-0.2, 0) is 15.7 Å². The summed E-state index contributed by atoms with van der Waals surface area (Å²) in [5.74, 6) is -0.0233. The molecule has 0 aromatic heterocycles. The van der Waals surface area contributed by atoms with Crippen molar-refractivity contribution in [3.8, 4) is 11.1 Å². The third-order valence-electron chi connectivity index (χ3n) is 7.85. The molecule has 0 radical (unpaired) electrons. The van der Waals surface area contributed by atoms with Crippen molar-refractivity contribution in [2.24, 2.45) is 5.18 Å².